The smallest absolute Gasteiger partial charge is 0.247 e. The van der Waals surface area contributed by atoms with Gasteiger partial charge in [0.1, 0.15) is 6.04 Å². The maximum Gasteiger partial charge on any atom is 0.247 e. The van der Waals surface area contributed by atoms with Gasteiger partial charge >= 0.3 is 0 Å². The van der Waals surface area contributed by atoms with Gasteiger partial charge in [0.2, 0.25) is 17.7 Å². The number of carbonyl (C=O) groups is 3. The average Bonchev–Trinajstić information content (AvgIpc) is 3.48. The molecule has 7 atom stereocenters. The molecule has 1 N–H and O–H groups in total. The number of amides is 3. The lowest BCUT2D eigenvalue weighted by molar-refractivity contribution is -0.147. The van der Waals surface area contributed by atoms with Gasteiger partial charge < -0.3 is 19.8 Å². The quantitative estimate of drug-likeness (QED) is 0.317. The predicted molar refractivity (Wildman–Crippen MR) is 150 cm³/mol. The number of likely N-dealkylation sites (tertiary alicyclic amines) is 1. The van der Waals surface area contributed by atoms with Crippen molar-refractivity contribution in [1.29, 1.82) is 0 Å². The summed E-state index contributed by atoms with van der Waals surface area (Å²) in [5, 5.41) is 10.2. The minimum atomic E-state index is -0.775. The van der Waals surface area contributed by atoms with Gasteiger partial charge in [-0.2, -0.15) is 0 Å². The molecule has 3 unspecified atom stereocenters. The van der Waals surface area contributed by atoms with Crippen LogP contribution in [0.5, 0.6) is 0 Å². The summed E-state index contributed by atoms with van der Waals surface area (Å²) in [5.41, 5.74) is 0.984. The van der Waals surface area contributed by atoms with Gasteiger partial charge in [-0.15, -0.1) is 24.9 Å². The number of hydrogen-bond donors (Lipinski definition) is 1. The number of rotatable bonds is 11. The molecule has 3 fully saturated rings. The van der Waals surface area contributed by atoms with Crippen molar-refractivity contribution in [2.75, 3.05) is 26.7 Å². The van der Waals surface area contributed by atoms with Crippen molar-refractivity contribution in [3.63, 3.8) is 0 Å². The Morgan fingerprint density at radius 2 is 1.92 bits per heavy atom. The second kappa shape index (κ2) is 11.3. The van der Waals surface area contributed by atoms with Gasteiger partial charge in [-0.05, 0) is 18.4 Å². The van der Waals surface area contributed by atoms with E-state index in [-0.39, 0.29) is 34.4 Å². The van der Waals surface area contributed by atoms with Crippen LogP contribution in [0.1, 0.15) is 25.3 Å². The minimum absolute atomic E-state index is 0.000869. The summed E-state index contributed by atoms with van der Waals surface area (Å²) >= 11 is 5.42. The van der Waals surface area contributed by atoms with Crippen molar-refractivity contribution in [2.24, 2.45) is 11.8 Å². The normalized spacial score (nSPS) is 30.6. The topological polar surface area (TPSA) is 81.2 Å². The molecule has 0 saturated carbocycles. The highest BCUT2D eigenvalue weighted by Gasteiger charge is 2.76. The third-order valence-electron chi connectivity index (χ3n) is 7.98. The molecule has 9 heteroatoms. The molecule has 3 saturated heterocycles. The van der Waals surface area contributed by atoms with Crippen molar-refractivity contribution in [2.45, 2.75) is 53.2 Å². The Morgan fingerprint density at radius 3 is 2.51 bits per heavy atom. The number of benzene rings is 1. The van der Waals surface area contributed by atoms with Crippen molar-refractivity contribution in [3.8, 4) is 0 Å². The van der Waals surface area contributed by atoms with Gasteiger partial charge in [-0.3, -0.25) is 14.4 Å². The van der Waals surface area contributed by atoms with Crippen LogP contribution in [-0.4, -0.2) is 91.2 Å². The van der Waals surface area contributed by atoms with Crippen LogP contribution in [0.3, 0.4) is 0 Å². The van der Waals surface area contributed by atoms with E-state index in [1.807, 2.05) is 37.3 Å². The Labute approximate surface area is 232 Å². The van der Waals surface area contributed by atoms with Gasteiger partial charge in [-0.1, -0.05) is 65.3 Å². The van der Waals surface area contributed by atoms with Crippen LogP contribution in [-0.2, 0) is 20.9 Å². The molecule has 200 valence electrons. The SMILES string of the molecule is C=CCN(C)C(=O)[C@H]1[C@@H]2SC3(CC2Br)C(C(=O)N(CC=C)Cc2ccccc2)N([C@@H](CC)CO)C(=O)[C@H]13. The third-order valence-corrected chi connectivity index (χ3v) is 11.2. The largest absolute Gasteiger partial charge is 0.394 e. The van der Waals surface area contributed by atoms with E-state index in [9.17, 15) is 19.5 Å². The molecule has 7 nitrogen and oxygen atoms in total. The Morgan fingerprint density at radius 1 is 1.24 bits per heavy atom. The molecule has 0 aromatic heterocycles. The number of carbonyl (C=O) groups excluding carboxylic acids is 3. The fourth-order valence-electron chi connectivity index (χ4n) is 6.34. The standard InChI is InChI=1S/C28H36BrN3O4S/c1-5-13-30(4)25(34)21-22-26(35)32(19(7-3)17-33)24(28(22)15-20(29)23(21)37-28)27(36)31(14-6-2)16-18-11-9-8-10-12-18/h5-6,8-12,19-24,33H,1-2,7,13-17H2,3-4H3/t19-,20?,21+,22-,23+,24?,28?/m0/s1. The van der Waals surface area contributed by atoms with Gasteiger partial charge in [0.05, 0.1) is 29.2 Å². The fourth-order valence-corrected chi connectivity index (χ4v) is 9.93. The first-order valence-electron chi connectivity index (χ1n) is 12.8. The summed E-state index contributed by atoms with van der Waals surface area (Å²) in [7, 11) is 1.73. The molecule has 4 rings (SSSR count). The summed E-state index contributed by atoms with van der Waals surface area (Å²) < 4.78 is -0.749. The summed E-state index contributed by atoms with van der Waals surface area (Å²) in [4.78, 5) is 47.2. The molecule has 1 spiro atoms. The highest BCUT2D eigenvalue weighted by Crippen LogP contribution is 2.68. The van der Waals surface area contributed by atoms with Crippen molar-refractivity contribution in [1.82, 2.24) is 14.7 Å². The zero-order valence-corrected chi connectivity index (χ0v) is 23.9. The number of nitrogens with zero attached hydrogens (tertiary/aromatic N) is 3. The van der Waals surface area contributed by atoms with E-state index in [4.69, 9.17) is 0 Å². The third kappa shape index (κ3) is 4.68. The zero-order chi connectivity index (χ0) is 26.9. The van der Waals surface area contributed by atoms with E-state index in [1.54, 1.807) is 45.7 Å². The lowest BCUT2D eigenvalue weighted by atomic mass is 9.70. The summed E-state index contributed by atoms with van der Waals surface area (Å²) in [5.74, 6) is -1.62. The van der Waals surface area contributed by atoms with Crippen LogP contribution in [0.2, 0.25) is 0 Å². The van der Waals surface area contributed by atoms with Crippen LogP contribution in [0.25, 0.3) is 0 Å². The molecule has 3 aliphatic heterocycles. The minimum Gasteiger partial charge on any atom is -0.394 e. The molecule has 3 heterocycles. The monoisotopic (exact) mass is 589 g/mol. The van der Waals surface area contributed by atoms with E-state index in [0.29, 0.717) is 32.5 Å². The highest BCUT2D eigenvalue weighted by molar-refractivity contribution is 9.09. The summed E-state index contributed by atoms with van der Waals surface area (Å²) in [6, 6.07) is 8.47. The predicted octanol–water partition coefficient (Wildman–Crippen LogP) is 3.08. The van der Waals surface area contributed by atoms with E-state index in [1.165, 1.54) is 0 Å². The number of hydrogen-bond acceptors (Lipinski definition) is 5. The first kappa shape index (κ1) is 27.9. The molecule has 3 amide bonds. The second-order valence-electron chi connectivity index (χ2n) is 10.2. The average molecular weight is 591 g/mol. The van der Waals surface area contributed by atoms with Crippen LogP contribution in [0, 0.1) is 11.8 Å². The van der Waals surface area contributed by atoms with Gasteiger partial charge in [0, 0.05) is 36.8 Å². The van der Waals surface area contributed by atoms with Gasteiger partial charge in [-0.25, -0.2) is 0 Å². The number of fused-ring (bicyclic) bond motifs is 1. The van der Waals surface area contributed by atoms with E-state index in [2.05, 4.69) is 29.1 Å². The zero-order valence-electron chi connectivity index (χ0n) is 21.5. The number of likely N-dealkylation sites (N-methyl/N-ethyl adjacent to an activating group) is 1. The Hall–Kier alpha value is -2.10. The van der Waals surface area contributed by atoms with E-state index >= 15 is 0 Å². The first-order chi connectivity index (χ1) is 17.7. The summed E-state index contributed by atoms with van der Waals surface area (Å²) in [6.45, 7) is 10.4. The lowest BCUT2D eigenvalue weighted by Gasteiger charge is -2.40. The number of thioether (sulfide) groups is 1. The fraction of sp³-hybridized carbons (Fsp3) is 0.536. The maximum atomic E-state index is 14.4. The molecule has 1 aromatic carbocycles. The molecular weight excluding hydrogens is 554 g/mol. The first-order valence-corrected chi connectivity index (χ1v) is 14.6. The number of halogens is 1. The van der Waals surface area contributed by atoms with Crippen LogP contribution < -0.4 is 0 Å². The van der Waals surface area contributed by atoms with Gasteiger partial charge in [0.15, 0.2) is 0 Å². The van der Waals surface area contributed by atoms with Gasteiger partial charge in [0.25, 0.3) is 0 Å². The molecule has 3 aliphatic rings. The molecule has 37 heavy (non-hydrogen) atoms. The lowest BCUT2D eigenvalue weighted by Crippen LogP contribution is -2.57. The molecule has 0 aliphatic carbocycles. The Balaban J connectivity index is 1.78. The van der Waals surface area contributed by atoms with E-state index < -0.39 is 28.7 Å². The molecule has 2 bridgehead atoms. The van der Waals surface area contributed by atoms with Crippen molar-refractivity contribution < 1.29 is 19.5 Å². The summed E-state index contributed by atoms with van der Waals surface area (Å²) in [6.07, 6.45) is 4.49. The highest BCUT2D eigenvalue weighted by atomic mass is 79.9. The second-order valence-corrected chi connectivity index (χ2v) is 12.9. The van der Waals surface area contributed by atoms with Crippen LogP contribution in [0.4, 0.5) is 0 Å². The van der Waals surface area contributed by atoms with Crippen molar-refractivity contribution >= 4 is 45.4 Å². The Bertz CT molecular complexity index is 1050. The molecule has 1 aromatic rings. The molecule has 0 radical (unpaired) electrons. The maximum absolute atomic E-state index is 14.4. The number of aliphatic hydroxyl groups is 1. The number of alkyl halides is 1. The Kier molecular flexibility index (Phi) is 8.55. The van der Waals surface area contributed by atoms with Crippen molar-refractivity contribution in [3.05, 3.63) is 61.2 Å². The number of aliphatic hydroxyl groups excluding tert-OH is 1. The van der Waals surface area contributed by atoms with E-state index in [0.717, 1.165) is 5.56 Å². The van der Waals surface area contributed by atoms with Crippen LogP contribution >= 0.6 is 27.7 Å². The van der Waals surface area contributed by atoms with Crippen LogP contribution in [0.15, 0.2) is 55.6 Å². The molecular formula is C28H36BrN3O4S.